The van der Waals surface area contributed by atoms with E-state index < -0.39 is 18.1 Å². The fourth-order valence-electron chi connectivity index (χ4n) is 6.58. The number of hydrogen-bond donors (Lipinski definition) is 3. The summed E-state index contributed by atoms with van der Waals surface area (Å²) in [6.07, 6.45) is 1.90. The molecule has 9 heteroatoms. The van der Waals surface area contributed by atoms with Crippen LogP contribution in [0.15, 0.2) is 24.4 Å². The first kappa shape index (κ1) is 24.4. The molecule has 2 heterocycles. The van der Waals surface area contributed by atoms with Crippen molar-refractivity contribution in [2.24, 2.45) is 29.1 Å². The Bertz CT molecular complexity index is 1050. The lowest BCUT2D eigenvalue weighted by molar-refractivity contribution is -0.144. The molecule has 192 valence electrons. The second kappa shape index (κ2) is 9.32. The number of fused-ring (bicyclic) bond motifs is 2. The van der Waals surface area contributed by atoms with E-state index in [1.807, 2.05) is 25.1 Å². The number of anilines is 1. The molecule has 2 aromatic rings. The Kier molecular flexibility index (Phi) is 6.50. The highest BCUT2D eigenvalue weighted by atomic mass is 19.4. The molecule has 1 aromatic carbocycles. The Balaban J connectivity index is 1.11. The first-order valence-electron chi connectivity index (χ1n) is 12.6. The van der Waals surface area contributed by atoms with E-state index in [2.05, 4.69) is 10.3 Å². The third kappa shape index (κ3) is 5.31. The van der Waals surface area contributed by atoms with E-state index in [9.17, 15) is 23.1 Å². The van der Waals surface area contributed by atoms with Crippen LogP contribution in [0.25, 0.3) is 10.9 Å². The van der Waals surface area contributed by atoms with Gasteiger partial charge < -0.3 is 20.1 Å². The number of H-pyrrole nitrogens is 1. The van der Waals surface area contributed by atoms with E-state index in [0.29, 0.717) is 50.3 Å². The van der Waals surface area contributed by atoms with Gasteiger partial charge in [-0.15, -0.1) is 0 Å². The highest BCUT2D eigenvalue weighted by molar-refractivity contribution is 6.04. The number of carbonyl (C=O) groups is 1. The van der Waals surface area contributed by atoms with Crippen molar-refractivity contribution < 1.29 is 27.8 Å². The maximum absolute atomic E-state index is 12.8. The normalized spacial score (nSPS) is 30.9. The molecule has 0 radical (unpaired) electrons. The van der Waals surface area contributed by atoms with E-state index in [1.165, 1.54) is 0 Å². The number of hydrogen-bond acceptors (Lipinski definition) is 4. The number of ether oxygens (including phenoxy) is 1. The Labute approximate surface area is 203 Å². The molecule has 5 rings (SSSR count). The van der Waals surface area contributed by atoms with Crippen LogP contribution in [0, 0.1) is 29.1 Å². The first-order valence-corrected chi connectivity index (χ1v) is 12.6. The molecule has 35 heavy (non-hydrogen) atoms. The van der Waals surface area contributed by atoms with Crippen molar-refractivity contribution in [1.82, 2.24) is 9.88 Å². The number of alkyl halides is 3. The smallest absolute Gasteiger partial charge is 0.401 e. The number of nitrogens with one attached hydrogen (secondary N) is 2. The SMILES string of the molecule is C[C@]1(C(=O)Nc2c[nH]c3ccc(OCC[C@@H]4C[C@@H]5CN(CC(F)(F)F)C[C@@H]5C4)cc23)C[C@@H](CO)C1. The summed E-state index contributed by atoms with van der Waals surface area (Å²) in [5.74, 6) is 2.14. The van der Waals surface area contributed by atoms with Gasteiger partial charge in [0, 0.05) is 42.2 Å². The lowest BCUT2D eigenvalue weighted by Gasteiger charge is -2.42. The summed E-state index contributed by atoms with van der Waals surface area (Å²) in [7, 11) is 0. The number of halogens is 3. The minimum absolute atomic E-state index is 0.0324. The molecule has 1 aromatic heterocycles. The summed E-state index contributed by atoms with van der Waals surface area (Å²) in [6.45, 7) is 2.94. The minimum atomic E-state index is -4.12. The van der Waals surface area contributed by atoms with Gasteiger partial charge >= 0.3 is 6.18 Å². The topological polar surface area (TPSA) is 77.6 Å². The molecular weight excluding hydrogens is 459 g/mol. The number of aliphatic hydroxyl groups excluding tert-OH is 1. The van der Waals surface area contributed by atoms with E-state index in [1.54, 1.807) is 11.1 Å². The van der Waals surface area contributed by atoms with Crippen LogP contribution >= 0.6 is 0 Å². The Morgan fingerprint density at radius 3 is 2.60 bits per heavy atom. The van der Waals surface area contributed by atoms with Crippen LogP contribution in [0.2, 0.25) is 0 Å². The van der Waals surface area contributed by atoms with Crippen molar-refractivity contribution in [3.05, 3.63) is 24.4 Å². The monoisotopic (exact) mass is 493 g/mol. The second-order valence-electron chi connectivity index (χ2n) is 11.2. The molecule has 0 unspecified atom stereocenters. The number of rotatable bonds is 8. The number of benzene rings is 1. The molecular formula is C26H34F3N3O3. The molecule has 6 nitrogen and oxygen atoms in total. The van der Waals surface area contributed by atoms with Crippen LogP contribution in [0.3, 0.4) is 0 Å². The molecule has 0 bridgehead atoms. The molecule has 3 aliphatic rings. The summed E-state index contributed by atoms with van der Waals surface area (Å²) in [6, 6.07) is 5.77. The number of carbonyl (C=O) groups excluding carboxylic acids is 1. The Hall–Kier alpha value is -2.26. The molecule has 0 spiro atoms. The number of aromatic nitrogens is 1. The second-order valence-corrected chi connectivity index (χ2v) is 11.2. The third-order valence-electron chi connectivity index (χ3n) is 8.31. The van der Waals surface area contributed by atoms with Crippen LogP contribution in [0.4, 0.5) is 18.9 Å². The highest BCUT2D eigenvalue weighted by Crippen LogP contribution is 2.46. The minimum Gasteiger partial charge on any atom is -0.494 e. The molecule has 2 saturated carbocycles. The van der Waals surface area contributed by atoms with E-state index in [0.717, 1.165) is 41.6 Å². The summed E-state index contributed by atoms with van der Waals surface area (Å²) >= 11 is 0. The molecule has 1 amide bonds. The number of aliphatic hydroxyl groups is 1. The number of amides is 1. The van der Waals surface area contributed by atoms with Crippen LogP contribution in [0.5, 0.6) is 5.75 Å². The zero-order chi connectivity index (χ0) is 24.8. The quantitative estimate of drug-likeness (QED) is 0.494. The van der Waals surface area contributed by atoms with E-state index in [-0.39, 0.29) is 18.4 Å². The maximum atomic E-state index is 12.8. The number of aromatic amines is 1. The summed E-state index contributed by atoms with van der Waals surface area (Å²) in [4.78, 5) is 17.5. The Morgan fingerprint density at radius 1 is 1.23 bits per heavy atom. The van der Waals surface area contributed by atoms with Crippen molar-refractivity contribution in [3.8, 4) is 5.75 Å². The van der Waals surface area contributed by atoms with Crippen molar-refractivity contribution in [2.45, 2.75) is 45.2 Å². The van der Waals surface area contributed by atoms with Gasteiger partial charge in [0.2, 0.25) is 5.91 Å². The lowest BCUT2D eigenvalue weighted by atomic mass is 9.63. The highest BCUT2D eigenvalue weighted by Gasteiger charge is 2.46. The molecule has 3 atom stereocenters. The van der Waals surface area contributed by atoms with E-state index >= 15 is 0 Å². The molecule has 3 N–H and O–H groups in total. The maximum Gasteiger partial charge on any atom is 0.401 e. The summed E-state index contributed by atoms with van der Waals surface area (Å²) < 4.78 is 44.0. The van der Waals surface area contributed by atoms with Gasteiger partial charge in [-0.3, -0.25) is 9.69 Å². The Morgan fingerprint density at radius 2 is 1.94 bits per heavy atom. The summed E-state index contributed by atoms with van der Waals surface area (Å²) in [5.41, 5.74) is 1.18. The van der Waals surface area contributed by atoms with Crippen LogP contribution in [-0.4, -0.2) is 59.9 Å². The zero-order valence-electron chi connectivity index (χ0n) is 20.0. The van der Waals surface area contributed by atoms with Crippen molar-refractivity contribution in [1.29, 1.82) is 0 Å². The van der Waals surface area contributed by atoms with Gasteiger partial charge in [0.1, 0.15) is 5.75 Å². The van der Waals surface area contributed by atoms with Gasteiger partial charge in [0.25, 0.3) is 0 Å². The van der Waals surface area contributed by atoms with Gasteiger partial charge in [-0.25, -0.2) is 0 Å². The predicted octanol–water partition coefficient (Wildman–Crippen LogP) is 4.80. The molecule has 1 saturated heterocycles. The van der Waals surface area contributed by atoms with Crippen molar-refractivity contribution >= 4 is 22.5 Å². The fraction of sp³-hybridized carbons (Fsp3) is 0.654. The van der Waals surface area contributed by atoms with Crippen LogP contribution < -0.4 is 10.1 Å². The van der Waals surface area contributed by atoms with Crippen LogP contribution in [-0.2, 0) is 4.79 Å². The van der Waals surface area contributed by atoms with Gasteiger partial charge in [0.05, 0.1) is 18.8 Å². The van der Waals surface area contributed by atoms with E-state index in [4.69, 9.17) is 4.74 Å². The summed E-state index contributed by atoms with van der Waals surface area (Å²) in [5, 5.41) is 13.2. The average molecular weight is 494 g/mol. The molecule has 2 aliphatic carbocycles. The fourth-order valence-corrected chi connectivity index (χ4v) is 6.58. The standard InChI is InChI=1S/C26H34F3N3O3/c1-25(9-17(10-25)14-33)24(34)31-23-11-30-22-3-2-20(8-21(22)23)35-5-4-16-6-18-12-32(13-19(18)7-16)15-26(27,28)29/h2-3,8,11,16-19,30,33H,4-7,9-10,12-15H2,1H3,(H,31,34)/t16-,17-,18-,19+,25+. The molecule has 3 fully saturated rings. The van der Waals surface area contributed by atoms with Crippen molar-refractivity contribution in [2.75, 3.05) is 38.2 Å². The lowest BCUT2D eigenvalue weighted by Crippen LogP contribution is -2.45. The average Bonchev–Trinajstić information content (AvgIpc) is 3.43. The van der Waals surface area contributed by atoms with Crippen LogP contribution in [0.1, 0.15) is 39.0 Å². The predicted molar refractivity (Wildman–Crippen MR) is 127 cm³/mol. The zero-order valence-corrected chi connectivity index (χ0v) is 20.0. The largest absolute Gasteiger partial charge is 0.494 e. The van der Waals surface area contributed by atoms with Gasteiger partial charge in [-0.05, 0) is 74.0 Å². The van der Waals surface area contributed by atoms with Crippen molar-refractivity contribution in [3.63, 3.8) is 0 Å². The number of nitrogens with zero attached hydrogens (tertiary/aromatic N) is 1. The molecule has 1 aliphatic heterocycles. The number of likely N-dealkylation sites (tertiary alicyclic amines) is 1. The first-order chi connectivity index (χ1) is 16.6. The van der Waals surface area contributed by atoms with Gasteiger partial charge in [0.15, 0.2) is 0 Å². The van der Waals surface area contributed by atoms with Gasteiger partial charge in [-0.1, -0.05) is 6.92 Å². The third-order valence-corrected chi connectivity index (χ3v) is 8.31. The van der Waals surface area contributed by atoms with Gasteiger partial charge in [-0.2, -0.15) is 13.2 Å².